The van der Waals surface area contributed by atoms with Gasteiger partial charge in [0.05, 0.1) is 4.88 Å². The van der Waals surface area contributed by atoms with Crippen molar-refractivity contribution in [3.63, 3.8) is 0 Å². The fourth-order valence-electron chi connectivity index (χ4n) is 3.09. The highest BCUT2D eigenvalue weighted by molar-refractivity contribution is 7.98. The molecule has 5 nitrogen and oxygen atoms in total. The van der Waals surface area contributed by atoms with Gasteiger partial charge in [-0.25, -0.2) is 0 Å². The number of thiophene rings is 1. The Kier molecular flexibility index (Phi) is 4.82. The van der Waals surface area contributed by atoms with Crippen LogP contribution in [0.4, 0.5) is 0 Å². The molecule has 0 bridgehead atoms. The number of benzene rings is 1. The lowest BCUT2D eigenvalue weighted by atomic mass is 9.90. The van der Waals surface area contributed by atoms with Gasteiger partial charge in [0.25, 0.3) is 11.1 Å². The van der Waals surface area contributed by atoms with Gasteiger partial charge in [-0.15, -0.1) is 21.5 Å². The number of rotatable bonds is 5. The molecule has 3 aromatic rings. The van der Waals surface area contributed by atoms with Gasteiger partial charge in [-0.1, -0.05) is 30.8 Å². The quantitative estimate of drug-likeness (QED) is 0.662. The molecular formula is C19H19N3O2S2. The molecule has 2 heterocycles. The maximum absolute atomic E-state index is 11.1. The molecule has 0 radical (unpaired) electrons. The number of nitrogens with two attached hydrogens (primary N) is 1. The topological polar surface area (TPSA) is 82.0 Å². The second-order valence-electron chi connectivity index (χ2n) is 6.63. The van der Waals surface area contributed by atoms with Crippen molar-refractivity contribution >= 4 is 29.0 Å². The predicted octanol–water partition coefficient (Wildman–Crippen LogP) is 4.31. The van der Waals surface area contributed by atoms with Crippen LogP contribution < -0.4 is 5.73 Å². The van der Waals surface area contributed by atoms with Crippen molar-refractivity contribution in [2.24, 2.45) is 11.7 Å². The van der Waals surface area contributed by atoms with Gasteiger partial charge >= 0.3 is 0 Å². The Bertz CT molecular complexity index is 931. The molecule has 1 aromatic carbocycles. The van der Waals surface area contributed by atoms with E-state index in [4.69, 9.17) is 10.2 Å². The molecule has 2 N–H and O–H groups in total. The highest BCUT2D eigenvalue weighted by atomic mass is 32.2. The number of nitrogens with zero attached hydrogens (tertiary/aromatic N) is 2. The number of thioether (sulfide) groups is 1. The normalized spacial score (nSPS) is 16.4. The van der Waals surface area contributed by atoms with Gasteiger partial charge in [0.2, 0.25) is 5.91 Å². The van der Waals surface area contributed by atoms with E-state index in [0.717, 1.165) is 29.2 Å². The van der Waals surface area contributed by atoms with Gasteiger partial charge in [0.15, 0.2) is 0 Å². The Morgan fingerprint density at radius 2 is 2.15 bits per heavy atom. The van der Waals surface area contributed by atoms with E-state index < -0.39 is 5.91 Å². The van der Waals surface area contributed by atoms with E-state index in [-0.39, 0.29) is 0 Å². The minimum absolute atomic E-state index is 0.418. The summed E-state index contributed by atoms with van der Waals surface area (Å²) in [5.41, 5.74) is 8.27. The second kappa shape index (κ2) is 7.25. The van der Waals surface area contributed by atoms with E-state index in [2.05, 4.69) is 23.2 Å². The highest BCUT2D eigenvalue weighted by Crippen LogP contribution is 2.37. The Hall–Kier alpha value is -2.12. The number of amides is 1. The van der Waals surface area contributed by atoms with Crippen LogP contribution in [0, 0.1) is 5.92 Å². The van der Waals surface area contributed by atoms with Crippen molar-refractivity contribution < 1.29 is 9.21 Å². The number of hydrogen-bond acceptors (Lipinski definition) is 6. The molecule has 4 rings (SSSR count). The molecule has 0 saturated carbocycles. The number of aromatic nitrogens is 2. The van der Waals surface area contributed by atoms with E-state index in [1.165, 1.54) is 28.6 Å². The third kappa shape index (κ3) is 3.68. The zero-order valence-corrected chi connectivity index (χ0v) is 16.0. The predicted molar refractivity (Wildman–Crippen MR) is 103 cm³/mol. The second-order valence-corrected chi connectivity index (χ2v) is 8.69. The third-order valence-electron chi connectivity index (χ3n) is 4.55. The molecular weight excluding hydrogens is 366 g/mol. The van der Waals surface area contributed by atoms with Gasteiger partial charge < -0.3 is 10.2 Å². The molecule has 1 amide bonds. The molecule has 0 spiro atoms. The van der Waals surface area contributed by atoms with Crippen molar-refractivity contribution in [2.45, 2.75) is 37.2 Å². The maximum Gasteiger partial charge on any atom is 0.277 e. The van der Waals surface area contributed by atoms with Crippen LogP contribution in [-0.2, 0) is 18.6 Å². The van der Waals surface area contributed by atoms with Crippen molar-refractivity contribution in [1.82, 2.24) is 10.2 Å². The summed E-state index contributed by atoms with van der Waals surface area (Å²) < 4.78 is 5.84. The van der Waals surface area contributed by atoms with Crippen molar-refractivity contribution in [3.05, 3.63) is 51.9 Å². The van der Waals surface area contributed by atoms with Gasteiger partial charge in [-0.05, 0) is 54.5 Å². The number of aryl methyl sites for hydroxylation is 1. The molecule has 2 aromatic heterocycles. The molecule has 0 saturated heterocycles. The Balaban J connectivity index is 1.42. The minimum Gasteiger partial charge on any atom is -0.410 e. The van der Waals surface area contributed by atoms with Gasteiger partial charge in [0.1, 0.15) is 0 Å². The molecule has 0 aliphatic heterocycles. The Morgan fingerprint density at radius 3 is 2.92 bits per heavy atom. The lowest BCUT2D eigenvalue weighted by molar-refractivity contribution is 0.100. The highest BCUT2D eigenvalue weighted by Gasteiger charge is 2.21. The largest absolute Gasteiger partial charge is 0.410 e. The fraction of sp³-hybridized carbons (Fsp3) is 0.316. The van der Waals surface area contributed by atoms with Gasteiger partial charge in [0, 0.05) is 16.2 Å². The zero-order valence-electron chi connectivity index (χ0n) is 14.4. The summed E-state index contributed by atoms with van der Waals surface area (Å²) in [6.07, 6.45) is 3.55. The molecule has 7 heteroatoms. The first kappa shape index (κ1) is 17.3. The molecule has 0 unspecified atom stereocenters. The summed E-state index contributed by atoms with van der Waals surface area (Å²) in [7, 11) is 0. The number of carbonyl (C=O) groups excluding carboxylic acids is 1. The SMILES string of the molecule is C[C@@H]1CCc2sc(-c3nnc(SCc4ccc(C(N)=O)cc4)o3)cc2C1. The summed E-state index contributed by atoms with van der Waals surface area (Å²) in [6.45, 7) is 2.30. The molecule has 1 atom stereocenters. The van der Waals surface area contributed by atoms with Crippen LogP contribution in [0.15, 0.2) is 40.0 Å². The zero-order chi connectivity index (χ0) is 18.1. The molecule has 1 aliphatic rings. The number of primary amides is 1. The number of carbonyl (C=O) groups is 1. The number of hydrogen-bond donors (Lipinski definition) is 1. The molecule has 26 heavy (non-hydrogen) atoms. The Labute approximate surface area is 160 Å². The van der Waals surface area contributed by atoms with E-state index in [1.807, 2.05) is 12.1 Å². The van der Waals surface area contributed by atoms with Gasteiger partial charge in [-0.2, -0.15) is 0 Å². The molecule has 134 valence electrons. The van der Waals surface area contributed by atoms with Crippen molar-refractivity contribution in [1.29, 1.82) is 0 Å². The van der Waals surface area contributed by atoms with E-state index >= 15 is 0 Å². The van der Waals surface area contributed by atoms with Crippen LogP contribution in [0.1, 0.15) is 39.7 Å². The number of fused-ring (bicyclic) bond motifs is 1. The lowest BCUT2D eigenvalue weighted by Gasteiger charge is -2.16. The smallest absolute Gasteiger partial charge is 0.277 e. The van der Waals surface area contributed by atoms with Crippen LogP contribution >= 0.6 is 23.1 Å². The average Bonchev–Trinajstić information content (AvgIpc) is 3.26. The maximum atomic E-state index is 11.1. The Morgan fingerprint density at radius 1 is 1.35 bits per heavy atom. The minimum atomic E-state index is -0.418. The molecule has 0 fully saturated rings. The molecule has 1 aliphatic carbocycles. The summed E-state index contributed by atoms with van der Waals surface area (Å²) in [5.74, 6) is 1.63. The van der Waals surface area contributed by atoms with Crippen LogP contribution in [-0.4, -0.2) is 16.1 Å². The average molecular weight is 386 g/mol. The first-order valence-electron chi connectivity index (χ1n) is 8.55. The fourth-order valence-corrected chi connectivity index (χ4v) is 4.94. The van der Waals surface area contributed by atoms with Crippen LogP contribution in [0.25, 0.3) is 10.8 Å². The lowest BCUT2D eigenvalue weighted by Crippen LogP contribution is -2.10. The summed E-state index contributed by atoms with van der Waals surface area (Å²) in [5, 5.41) is 8.92. The monoisotopic (exact) mass is 385 g/mol. The van der Waals surface area contributed by atoms with Crippen LogP contribution in [0.3, 0.4) is 0 Å². The summed E-state index contributed by atoms with van der Waals surface area (Å²) >= 11 is 3.26. The summed E-state index contributed by atoms with van der Waals surface area (Å²) in [4.78, 5) is 13.6. The van der Waals surface area contributed by atoms with E-state index in [0.29, 0.717) is 22.4 Å². The van der Waals surface area contributed by atoms with E-state index in [9.17, 15) is 4.79 Å². The van der Waals surface area contributed by atoms with Crippen LogP contribution in [0.5, 0.6) is 0 Å². The van der Waals surface area contributed by atoms with Crippen molar-refractivity contribution in [3.8, 4) is 10.8 Å². The van der Waals surface area contributed by atoms with Crippen molar-refractivity contribution in [2.75, 3.05) is 0 Å². The first-order chi connectivity index (χ1) is 12.6. The van der Waals surface area contributed by atoms with Crippen LogP contribution in [0.2, 0.25) is 0 Å². The third-order valence-corrected chi connectivity index (χ3v) is 6.66. The van der Waals surface area contributed by atoms with E-state index in [1.54, 1.807) is 23.5 Å². The van der Waals surface area contributed by atoms with Gasteiger partial charge in [-0.3, -0.25) is 4.79 Å². The standard InChI is InChI=1S/C19H19N3O2S2/c1-11-2-7-15-14(8-11)9-16(26-15)18-21-22-19(24-18)25-10-12-3-5-13(6-4-12)17(20)23/h3-6,9,11H,2,7-8,10H2,1H3,(H2,20,23)/t11-/m1/s1. The summed E-state index contributed by atoms with van der Waals surface area (Å²) in [6, 6.07) is 9.45. The first-order valence-corrected chi connectivity index (χ1v) is 10.4.